The van der Waals surface area contributed by atoms with E-state index < -0.39 is 21.5 Å². The third kappa shape index (κ3) is 3.69. The lowest BCUT2D eigenvalue weighted by atomic mass is 9.77. The molecule has 23 heavy (non-hydrogen) atoms. The number of carbonyl (C=O) groups excluding carboxylic acids is 1. The minimum absolute atomic E-state index is 0.135. The summed E-state index contributed by atoms with van der Waals surface area (Å²) in [5.41, 5.74) is 1.32. The molecule has 0 aromatic rings. The van der Waals surface area contributed by atoms with E-state index in [1.807, 2.05) is 19.9 Å². The van der Waals surface area contributed by atoms with Gasteiger partial charge in [0.05, 0.1) is 24.3 Å². The van der Waals surface area contributed by atoms with Crippen molar-refractivity contribution in [2.75, 3.05) is 12.9 Å². The highest BCUT2D eigenvalue weighted by Crippen LogP contribution is 2.43. The number of aliphatic imine (C=N–C) groups is 1. The minimum Gasteiger partial charge on any atom is -0.461 e. The Kier molecular flexibility index (Phi) is 4.74. The van der Waals surface area contributed by atoms with Gasteiger partial charge in [-0.1, -0.05) is 31.2 Å². The molecule has 1 aliphatic heterocycles. The largest absolute Gasteiger partial charge is 0.461 e. The van der Waals surface area contributed by atoms with Gasteiger partial charge in [0.2, 0.25) is 5.71 Å². The molecule has 8 heteroatoms. The first kappa shape index (κ1) is 17.4. The van der Waals surface area contributed by atoms with Gasteiger partial charge in [0.15, 0.2) is 0 Å². The molecule has 1 heterocycles. The summed E-state index contributed by atoms with van der Waals surface area (Å²) in [6.45, 7) is 5.59. The van der Waals surface area contributed by atoms with E-state index in [2.05, 4.69) is 20.5 Å². The van der Waals surface area contributed by atoms with Crippen LogP contribution >= 0.6 is 0 Å². The SMILES string of the molecule is CCOC(=O)/C(=N\OS(C)(=O)=O)C1=NC2=CCCC=C2C1(C)C. The summed E-state index contributed by atoms with van der Waals surface area (Å²) in [5.74, 6) is -0.761. The summed E-state index contributed by atoms with van der Waals surface area (Å²) in [7, 11) is -3.84. The van der Waals surface area contributed by atoms with Crippen molar-refractivity contribution in [2.45, 2.75) is 33.6 Å². The molecule has 0 radical (unpaired) electrons. The number of carbonyl (C=O) groups is 1. The molecule has 0 bridgehead atoms. The number of nitrogens with zero attached hydrogens (tertiary/aromatic N) is 2. The second-order valence-electron chi connectivity index (χ2n) is 5.81. The lowest BCUT2D eigenvalue weighted by Gasteiger charge is -2.24. The van der Waals surface area contributed by atoms with Crippen LogP contribution in [0, 0.1) is 5.41 Å². The van der Waals surface area contributed by atoms with Gasteiger partial charge in [0.1, 0.15) is 0 Å². The molecule has 126 valence electrons. The van der Waals surface area contributed by atoms with Crippen molar-refractivity contribution in [3.8, 4) is 0 Å². The van der Waals surface area contributed by atoms with Crippen molar-refractivity contribution in [3.05, 3.63) is 23.4 Å². The summed E-state index contributed by atoms with van der Waals surface area (Å²) in [5, 5.41) is 3.52. The van der Waals surface area contributed by atoms with Crippen LogP contribution < -0.4 is 0 Å². The fraction of sp³-hybridized carbons (Fsp3) is 0.533. The maximum atomic E-state index is 12.2. The van der Waals surface area contributed by atoms with Crippen LogP contribution in [0.3, 0.4) is 0 Å². The van der Waals surface area contributed by atoms with Crippen LogP contribution in [0.2, 0.25) is 0 Å². The second kappa shape index (κ2) is 6.27. The topological polar surface area (TPSA) is 94.4 Å². The van der Waals surface area contributed by atoms with Crippen LogP contribution in [0.25, 0.3) is 0 Å². The standard InChI is InChI=1S/C15H20N2O5S/c1-5-21-14(18)12(17-22-23(4,19)20)13-15(2,3)10-8-6-7-9-11(10)16-13/h8-9H,5-7H2,1-4H3/b17-12-. The first-order chi connectivity index (χ1) is 10.7. The van der Waals surface area contributed by atoms with Crippen LogP contribution in [0.4, 0.5) is 0 Å². The van der Waals surface area contributed by atoms with Crippen molar-refractivity contribution in [1.29, 1.82) is 0 Å². The number of oxime groups is 1. The molecule has 0 saturated carbocycles. The van der Waals surface area contributed by atoms with Gasteiger partial charge in [0.25, 0.3) is 0 Å². The van der Waals surface area contributed by atoms with Gasteiger partial charge in [-0.2, -0.15) is 8.42 Å². The van der Waals surface area contributed by atoms with Crippen LogP contribution in [-0.2, 0) is 23.9 Å². The Morgan fingerprint density at radius 3 is 2.57 bits per heavy atom. The highest BCUT2D eigenvalue weighted by atomic mass is 32.2. The quantitative estimate of drug-likeness (QED) is 0.433. The molecular formula is C15H20N2O5S. The molecule has 0 atom stereocenters. The molecule has 0 N–H and O–H groups in total. The number of hydrogen-bond donors (Lipinski definition) is 0. The number of allylic oxidation sites excluding steroid dienone is 3. The summed E-state index contributed by atoms with van der Waals surface area (Å²) >= 11 is 0. The van der Waals surface area contributed by atoms with Gasteiger partial charge < -0.3 is 4.74 Å². The van der Waals surface area contributed by atoms with Crippen molar-refractivity contribution in [2.24, 2.45) is 15.6 Å². The van der Waals surface area contributed by atoms with E-state index in [0.29, 0.717) is 5.71 Å². The first-order valence-corrected chi connectivity index (χ1v) is 9.13. The monoisotopic (exact) mass is 340 g/mol. The molecule has 0 amide bonds. The van der Waals surface area contributed by atoms with E-state index in [0.717, 1.165) is 30.4 Å². The number of fused-ring (bicyclic) bond motifs is 1. The Morgan fingerprint density at radius 1 is 1.35 bits per heavy atom. The average Bonchev–Trinajstić information content (AvgIpc) is 2.71. The molecule has 0 aromatic heterocycles. The summed E-state index contributed by atoms with van der Waals surface area (Å²) in [4.78, 5) is 16.7. The number of rotatable bonds is 5. The fourth-order valence-corrected chi connectivity index (χ4v) is 2.77. The lowest BCUT2D eigenvalue weighted by Crippen LogP contribution is -2.36. The molecule has 1 aliphatic carbocycles. The summed E-state index contributed by atoms with van der Waals surface area (Å²) < 4.78 is 31.8. The summed E-state index contributed by atoms with van der Waals surface area (Å²) in [6, 6.07) is 0. The highest BCUT2D eigenvalue weighted by molar-refractivity contribution is 7.85. The van der Waals surface area contributed by atoms with Crippen LogP contribution in [0.1, 0.15) is 33.6 Å². The lowest BCUT2D eigenvalue weighted by molar-refractivity contribution is -0.134. The van der Waals surface area contributed by atoms with E-state index in [1.54, 1.807) is 6.92 Å². The predicted octanol–water partition coefficient (Wildman–Crippen LogP) is 1.97. The van der Waals surface area contributed by atoms with Crippen molar-refractivity contribution >= 4 is 27.5 Å². The zero-order chi connectivity index (χ0) is 17.3. The Labute approximate surface area is 135 Å². The van der Waals surface area contributed by atoms with E-state index in [-0.39, 0.29) is 12.3 Å². The highest BCUT2D eigenvalue weighted by Gasteiger charge is 2.43. The predicted molar refractivity (Wildman–Crippen MR) is 86.6 cm³/mol. The van der Waals surface area contributed by atoms with Crippen molar-refractivity contribution in [3.63, 3.8) is 0 Å². The number of esters is 1. The normalized spacial score (nSPS) is 20.2. The van der Waals surface area contributed by atoms with Crippen LogP contribution in [0.15, 0.2) is 33.6 Å². The Bertz CT molecular complexity index is 742. The molecule has 0 spiro atoms. The van der Waals surface area contributed by atoms with Gasteiger partial charge in [-0.15, -0.1) is 0 Å². The Hall–Kier alpha value is -1.96. The zero-order valence-electron chi connectivity index (χ0n) is 13.6. The molecule has 0 saturated heterocycles. The molecule has 0 fully saturated rings. The molecule has 0 aromatic carbocycles. The van der Waals surface area contributed by atoms with Gasteiger partial charge in [-0.05, 0) is 25.3 Å². The Morgan fingerprint density at radius 2 is 2.00 bits per heavy atom. The number of hydrogen-bond acceptors (Lipinski definition) is 7. The van der Waals surface area contributed by atoms with Crippen molar-refractivity contribution in [1.82, 2.24) is 0 Å². The first-order valence-electron chi connectivity index (χ1n) is 7.31. The molecule has 7 nitrogen and oxygen atoms in total. The van der Waals surface area contributed by atoms with E-state index in [9.17, 15) is 13.2 Å². The van der Waals surface area contributed by atoms with Crippen molar-refractivity contribution < 1.29 is 22.2 Å². The number of ether oxygens (including phenoxy) is 1. The third-order valence-corrected chi connectivity index (χ3v) is 3.93. The van der Waals surface area contributed by atoms with E-state index in [1.165, 1.54) is 0 Å². The third-order valence-electron chi connectivity index (χ3n) is 3.58. The van der Waals surface area contributed by atoms with E-state index >= 15 is 0 Å². The van der Waals surface area contributed by atoms with Crippen LogP contribution in [-0.4, -0.2) is 38.7 Å². The van der Waals surface area contributed by atoms with Gasteiger partial charge in [-0.3, -0.25) is 4.28 Å². The molecular weight excluding hydrogens is 320 g/mol. The minimum atomic E-state index is -3.84. The maximum absolute atomic E-state index is 12.2. The molecule has 2 rings (SSSR count). The zero-order valence-corrected chi connectivity index (χ0v) is 14.4. The maximum Gasteiger partial charge on any atom is 0.362 e. The van der Waals surface area contributed by atoms with Gasteiger partial charge in [-0.25, -0.2) is 9.79 Å². The summed E-state index contributed by atoms with van der Waals surface area (Å²) in [6.07, 6.45) is 6.69. The fourth-order valence-electron chi connectivity index (χ4n) is 2.56. The van der Waals surface area contributed by atoms with Crippen LogP contribution in [0.5, 0.6) is 0 Å². The average molecular weight is 340 g/mol. The Balaban J connectivity index is 2.49. The smallest absolute Gasteiger partial charge is 0.362 e. The van der Waals surface area contributed by atoms with Gasteiger partial charge in [0, 0.05) is 5.41 Å². The van der Waals surface area contributed by atoms with Gasteiger partial charge >= 0.3 is 16.1 Å². The molecule has 2 aliphatic rings. The van der Waals surface area contributed by atoms with E-state index in [4.69, 9.17) is 4.74 Å². The molecule has 0 unspecified atom stereocenters. The second-order valence-corrected chi connectivity index (χ2v) is 7.37.